The van der Waals surface area contributed by atoms with E-state index in [9.17, 15) is 14.3 Å². The summed E-state index contributed by atoms with van der Waals surface area (Å²) in [6, 6.07) is 0. The van der Waals surface area contributed by atoms with Crippen LogP contribution in [0.1, 0.15) is 12.8 Å². The number of hydrogen-bond acceptors (Lipinski definition) is 3. The summed E-state index contributed by atoms with van der Waals surface area (Å²) < 4.78 is 11.3. The summed E-state index contributed by atoms with van der Waals surface area (Å²) in [7, 11) is -3.19. The molecule has 0 aromatic rings. The van der Waals surface area contributed by atoms with Crippen molar-refractivity contribution in [2.24, 2.45) is 11.7 Å². The van der Waals surface area contributed by atoms with E-state index in [1.807, 2.05) is 0 Å². The van der Waals surface area contributed by atoms with Crippen LogP contribution >= 0.6 is 7.37 Å². The second kappa shape index (κ2) is 3.69. The van der Waals surface area contributed by atoms with Gasteiger partial charge in [0.15, 0.2) is 5.78 Å². The van der Waals surface area contributed by atoms with Crippen molar-refractivity contribution in [2.75, 3.05) is 18.9 Å². The fourth-order valence-electron chi connectivity index (χ4n) is 1.11. The second-order valence-corrected chi connectivity index (χ2v) is 5.75. The lowest BCUT2D eigenvalue weighted by Gasteiger charge is -2.08. The molecular weight excluding hydrogens is 177 g/mol. The van der Waals surface area contributed by atoms with Crippen LogP contribution in [0.5, 0.6) is 0 Å². The molecule has 3 N–H and O–H groups in total. The van der Waals surface area contributed by atoms with Crippen molar-refractivity contribution in [3.05, 3.63) is 0 Å². The minimum Gasteiger partial charge on any atom is -0.344 e. The molecule has 0 saturated heterocycles. The van der Waals surface area contributed by atoms with Crippen molar-refractivity contribution >= 4 is 13.2 Å². The van der Waals surface area contributed by atoms with E-state index in [0.717, 1.165) is 12.8 Å². The van der Waals surface area contributed by atoms with Crippen LogP contribution in [0.4, 0.5) is 0 Å². The van der Waals surface area contributed by atoms with E-state index in [0.29, 0.717) is 12.1 Å². The fraction of sp³-hybridized carbons (Fsp3) is 0.857. The Labute approximate surface area is 71.6 Å². The first-order valence-corrected chi connectivity index (χ1v) is 6.09. The van der Waals surface area contributed by atoms with Gasteiger partial charge in [-0.2, -0.15) is 0 Å². The van der Waals surface area contributed by atoms with E-state index in [-0.39, 0.29) is 18.5 Å². The molecule has 1 aliphatic carbocycles. The minimum atomic E-state index is -3.19. The van der Waals surface area contributed by atoms with Gasteiger partial charge in [0, 0.05) is 6.16 Å². The number of hydrogen-bond donors (Lipinski definition) is 2. The van der Waals surface area contributed by atoms with Gasteiger partial charge in [-0.15, -0.1) is 0 Å². The Bertz CT molecular complexity index is 225. The van der Waals surface area contributed by atoms with Crippen molar-refractivity contribution < 1.29 is 14.3 Å². The molecule has 0 amide bonds. The quantitative estimate of drug-likeness (QED) is 0.608. The van der Waals surface area contributed by atoms with Gasteiger partial charge in [-0.1, -0.05) is 0 Å². The topological polar surface area (TPSA) is 80.4 Å². The fourth-order valence-corrected chi connectivity index (χ4v) is 3.09. The summed E-state index contributed by atoms with van der Waals surface area (Å²) in [5.74, 6) is 0.0629. The van der Waals surface area contributed by atoms with E-state index in [1.54, 1.807) is 0 Å². The molecule has 1 rings (SSSR count). The second-order valence-electron chi connectivity index (χ2n) is 3.37. The number of Topliss-reactive ketones (excluding diaryl/α,β-unsaturated/α-hetero) is 1. The SMILES string of the molecule is NCC(=O)CP(=O)(O)CC1CC1. The Kier molecular flexibility index (Phi) is 3.04. The first kappa shape index (κ1) is 9.90. The van der Waals surface area contributed by atoms with Gasteiger partial charge in [-0.05, 0) is 18.8 Å². The van der Waals surface area contributed by atoms with E-state index in [2.05, 4.69) is 0 Å². The molecule has 4 nitrogen and oxygen atoms in total. The average molecular weight is 191 g/mol. The van der Waals surface area contributed by atoms with Crippen LogP contribution in [-0.4, -0.2) is 29.5 Å². The Balaban J connectivity index is 2.35. The lowest BCUT2D eigenvalue weighted by Crippen LogP contribution is -2.18. The third kappa shape index (κ3) is 3.48. The molecule has 0 aliphatic heterocycles. The van der Waals surface area contributed by atoms with Gasteiger partial charge >= 0.3 is 0 Å². The zero-order valence-electron chi connectivity index (χ0n) is 6.90. The predicted molar refractivity (Wildman–Crippen MR) is 46.3 cm³/mol. The molecule has 1 saturated carbocycles. The highest BCUT2D eigenvalue weighted by atomic mass is 31.2. The van der Waals surface area contributed by atoms with Crippen LogP contribution in [-0.2, 0) is 9.36 Å². The van der Waals surface area contributed by atoms with Gasteiger partial charge in [-0.3, -0.25) is 9.36 Å². The van der Waals surface area contributed by atoms with E-state index in [1.165, 1.54) is 0 Å². The monoisotopic (exact) mass is 191 g/mol. The first-order valence-electron chi connectivity index (χ1n) is 4.06. The van der Waals surface area contributed by atoms with Gasteiger partial charge in [0.05, 0.1) is 12.7 Å². The van der Waals surface area contributed by atoms with Crippen LogP contribution < -0.4 is 5.73 Å². The van der Waals surface area contributed by atoms with Crippen molar-refractivity contribution in [1.29, 1.82) is 0 Å². The third-order valence-corrected chi connectivity index (χ3v) is 3.83. The molecular formula is C7H14NO3P. The number of nitrogens with two attached hydrogens (primary N) is 1. The van der Waals surface area contributed by atoms with Crippen molar-refractivity contribution in [3.8, 4) is 0 Å². The Morgan fingerprint density at radius 1 is 1.58 bits per heavy atom. The van der Waals surface area contributed by atoms with Crippen LogP contribution in [0.15, 0.2) is 0 Å². The van der Waals surface area contributed by atoms with Crippen LogP contribution in [0.25, 0.3) is 0 Å². The van der Waals surface area contributed by atoms with Crippen molar-refractivity contribution in [2.45, 2.75) is 12.8 Å². The molecule has 0 radical (unpaired) electrons. The maximum absolute atomic E-state index is 11.3. The van der Waals surface area contributed by atoms with Crippen molar-refractivity contribution in [1.82, 2.24) is 0 Å². The van der Waals surface area contributed by atoms with Crippen LogP contribution in [0.3, 0.4) is 0 Å². The maximum Gasteiger partial charge on any atom is 0.208 e. The smallest absolute Gasteiger partial charge is 0.208 e. The Hall–Kier alpha value is -0.180. The molecule has 1 aliphatic rings. The van der Waals surface area contributed by atoms with Gasteiger partial charge in [0.2, 0.25) is 7.37 Å². The molecule has 5 heteroatoms. The number of carbonyl (C=O) groups is 1. The van der Waals surface area contributed by atoms with Gasteiger partial charge in [0.25, 0.3) is 0 Å². The lowest BCUT2D eigenvalue weighted by molar-refractivity contribution is -0.115. The van der Waals surface area contributed by atoms with Gasteiger partial charge in [0.1, 0.15) is 0 Å². The molecule has 0 bridgehead atoms. The van der Waals surface area contributed by atoms with Crippen LogP contribution in [0, 0.1) is 5.92 Å². The summed E-state index contributed by atoms with van der Waals surface area (Å²) >= 11 is 0. The highest BCUT2D eigenvalue weighted by Gasteiger charge is 2.32. The Morgan fingerprint density at radius 3 is 2.58 bits per heavy atom. The summed E-state index contributed by atoms with van der Waals surface area (Å²) in [4.78, 5) is 20.1. The van der Waals surface area contributed by atoms with E-state index in [4.69, 9.17) is 5.73 Å². The molecule has 1 atom stereocenters. The van der Waals surface area contributed by atoms with E-state index < -0.39 is 7.37 Å². The van der Waals surface area contributed by atoms with Crippen LogP contribution in [0.2, 0.25) is 0 Å². The number of rotatable bonds is 5. The number of carbonyl (C=O) groups excluding carboxylic acids is 1. The zero-order chi connectivity index (χ0) is 9.19. The average Bonchev–Trinajstić information content (AvgIpc) is 2.69. The third-order valence-electron chi connectivity index (χ3n) is 1.89. The summed E-state index contributed by atoms with van der Waals surface area (Å²) in [5.41, 5.74) is 5.04. The summed E-state index contributed by atoms with van der Waals surface area (Å²) in [5, 5.41) is 0. The first-order chi connectivity index (χ1) is 5.53. The molecule has 12 heavy (non-hydrogen) atoms. The summed E-state index contributed by atoms with van der Waals surface area (Å²) in [6.45, 7) is -0.130. The standard InChI is InChI=1S/C7H14NO3P/c8-3-7(9)5-12(10,11)4-6-1-2-6/h6H,1-5,8H2,(H,10,11). The predicted octanol–water partition coefficient (Wildman–Crippen LogP) is 0.195. The van der Waals surface area contributed by atoms with Gasteiger partial charge in [-0.25, -0.2) is 0 Å². The molecule has 0 aromatic carbocycles. The highest BCUT2D eigenvalue weighted by molar-refractivity contribution is 7.59. The Morgan fingerprint density at radius 2 is 2.17 bits per heavy atom. The van der Waals surface area contributed by atoms with Crippen molar-refractivity contribution in [3.63, 3.8) is 0 Å². The molecule has 1 unspecified atom stereocenters. The normalized spacial score (nSPS) is 21.8. The molecule has 1 fully saturated rings. The minimum absolute atomic E-state index is 0.130. The van der Waals surface area contributed by atoms with E-state index >= 15 is 0 Å². The van der Waals surface area contributed by atoms with Gasteiger partial charge < -0.3 is 10.6 Å². The molecule has 0 aromatic heterocycles. The maximum atomic E-state index is 11.3. The largest absolute Gasteiger partial charge is 0.344 e. The number of ketones is 1. The molecule has 0 spiro atoms. The molecule has 70 valence electrons. The summed E-state index contributed by atoms with van der Waals surface area (Å²) in [6.07, 6.45) is 2.13. The highest BCUT2D eigenvalue weighted by Crippen LogP contribution is 2.48. The zero-order valence-corrected chi connectivity index (χ0v) is 7.80. The lowest BCUT2D eigenvalue weighted by atomic mass is 10.5. The molecule has 0 heterocycles.